The van der Waals surface area contributed by atoms with Gasteiger partial charge in [-0.1, -0.05) is 0 Å². The molecule has 0 radical (unpaired) electrons. The van der Waals surface area contributed by atoms with E-state index in [4.69, 9.17) is 18.9 Å². The SMILES string of the molecule is COC(=O)C1=C(C(=O)OC)N(c2ccc(S(=O)(=O)Nc3cc(OC)ncn3)cc2)COC1. The first-order valence-corrected chi connectivity index (χ1v) is 10.5. The van der Waals surface area contributed by atoms with Crippen LogP contribution in [0.4, 0.5) is 11.5 Å². The molecular formula is C19H20N4O8S. The molecule has 0 aliphatic carbocycles. The molecule has 1 aromatic heterocycles. The lowest BCUT2D eigenvalue weighted by molar-refractivity contribution is -0.140. The van der Waals surface area contributed by atoms with Crippen molar-refractivity contribution < 1.29 is 37.0 Å². The van der Waals surface area contributed by atoms with E-state index < -0.39 is 22.0 Å². The van der Waals surface area contributed by atoms with Crippen molar-refractivity contribution in [1.82, 2.24) is 9.97 Å². The fourth-order valence-electron chi connectivity index (χ4n) is 2.86. The second-order valence-corrected chi connectivity index (χ2v) is 7.94. The van der Waals surface area contributed by atoms with E-state index in [-0.39, 0.29) is 41.2 Å². The highest BCUT2D eigenvalue weighted by Gasteiger charge is 2.32. The van der Waals surface area contributed by atoms with Crippen LogP contribution in [0.2, 0.25) is 0 Å². The van der Waals surface area contributed by atoms with Crippen molar-refractivity contribution in [3.63, 3.8) is 0 Å². The topological polar surface area (TPSA) is 146 Å². The maximum Gasteiger partial charge on any atom is 0.355 e. The Balaban J connectivity index is 1.91. The zero-order valence-electron chi connectivity index (χ0n) is 17.4. The standard InChI is InChI=1S/C19H20N4O8S/c1-28-16-8-15(20-10-21-16)22-32(26,27)13-6-4-12(5-7-13)23-11-31-9-14(18(24)29-2)17(23)19(25)30-3/h4-8,10H,9,11H2,1-3H3,(H,20,21,22). The minimum atomic E-state index is -3.97. The van der Waals surface area contributed by atoms with Gasteiger partial charge in [0, 0.05) is 11.8 Å². The number of aromatic nitrogens is 2. The molecule has 0 saturated carbocycles. The zero-order valence-corrected chi connectivity index (χ0v) is 18.2. The summed E-state index contributed by atoms with van der Waals surface area (Å²) in [4.78, 5) is 33.4. The van der Waals surface area contributed by atoms with E-state index in [9.17, 15) is 18.0 Å². The fraction of sp³-hybridized carbons (Fsp3) is 0.263. The third-order valence-electron chi connectivity index (χ3n) is 4.38. The van der Waals surface area contributed by atoms with Crippen LogP contribution in [0.3, 0.4) is 0 Å². The number of anilines is 2. The molecule has 12 nitrogen and oxygen atoms in total. The predicted octanol–water partition coefficient (Wildman–Crippen LogP) is 0.680. The van der Waals surface area contributed by atoms with Gasteiger partial charge in [-0.3, -0.25) is 4.72 Å². The quantitative estimate of drug-likeness (QED) is 0.577. The van der Waals surface area contributed by atoms with Crippen LogP contribution in [0, 0.1) is 0 Å². The van der Waals surface area contributed by atoms with E-state index in [1.807, 2.05) is 0 Å². The average Bonchev–Trinajstić information content (AvgIpc) is 2.82. The summed E-state index contributed by atoms with van der Waals surface area (Å²) in [6.45, 7) is -0.192. The number of esters is 2. The molecule has 1 aliphatic rings. The lowest BCUT2D eigenvalue weighted by Gasteiger charge is -2.31. The second-order valence-electron chi connectivity index (χ2n) is 6.26. The summed E-state index contributed by atoms with van der Waals surface area (Å²) in [5.41, 5.74) is 0.336. The third kappa shape index (κ3) is 4.78. The first-order valence-electron chi connectivity index (χ1n) is 9.04. The molecule has 0 saturated heterocycles. The molecule has 0 unspecified atom stereocenters. The van der Waals surface area contributed by atoms with Crippen LogP contribution in [0.25, 0.3) is 0 Å². The van der Waals surface area contributed by atoms with Gasteiger partial charge in [-0.25, -0.2) is 28.0 Å². The Bertz CT molecular complexity index is 1150. The summed E-state index contributed by atoms with van der Waals surface area (Å²) in [6.07, 6.45) is 1.16. The molecule has 0 atom stereocenters. The monoisotopic (exact) mass is 464 g/mol. The molecule has 0 spiro atoms. The van der Waals surface area contributed by atoms with Gasteiger partial charge in [-0.15, -0.1) is 0 Å². The maximum absolute atomic E-state index is 12.7. The molecule has 1 aromatic carbocycles. The molecule has 2 heterocycles. The Morgan fingerprint density at radius 2 is 1.75 bits per heavy atom. The Labute approximate surface area is 183 Å². The Hall–Kier alpha value is -3.71. The van der Waals surface area contributed by atoms with Gasteiger partial charge in [0.2, 0.25) is 5.88 Å². The predicted molar refractivity (Wildman–Crippen MR) is 110 cm³/mol. The van der Waals surface area contributed by atoms with Crippen LogP contribution in [-0.2, 0) is 33.8 Å². The number of nitrogens with zero attached hydrogens (tertiary/aromatic N) is 3. The number of hydrogen-bond acceptors (Lipinski definition) is 11. The van der Waals surface area contributed by atoms with Crippen molar-refractivity contribution in [2.75, 3.05) is 44.3 Å². The number of carbonyl (C=O) groups excluding carboxylic acids is 2. The van der Waals surface area contributed by atoms with Crippen molar-refractivity contribution in [3.8, 4) is 5.88 Å². The summed E-state index contributed by atoms with van der Waals surface area (Å²) < 4.78 is 47.6. The maximum atomic E-state index is 12.7. The van der Waals surface area contributed by atoms with Crippen molar-refractivity contribution >= 4 is 33.5 Å². The van der Waals surface area contributed by atoms with Crippen molar-refractivity contribution in [3.05, 3.63) is 47.9 Å². The Morgan fingerprint density at radius 3 is 2.38 bits per heavy atom. The van der Waals surface area contributed by atoms with Crippen LogP contribution < -0.4 is 14.4 Å². The molecule has 3 rings (SSSR count). The molecule has 0 fully saturated rings. The largest absolute Gasteiger partial charge is 0.481 e. The summed E-state index contributed by atoms with van der Waals surface area (Å²) in [7, 11) is -0.211. The minimum Gasteiger partial charge on any atom is -0.481 e. The van der Waals surface area contributed by atoms with Gasteiger partial charge in [-0.05, 0) is 24.3 Å². The van der Waals surface area contributed by atoms with Gasteiger partial charge in [0.25, 0.3) is 10.0 Å². The highest BCUT2D eigenvalue weighted by Crippen LogP contribution is 2.28. The number of rotatable bonds is 7. The minimum absolute atomic E-state index is 0.0123. The number of sulfonamides is 1. The fourth-order valence-corrected chi connectivity index (χ4v) is 3.86. The van der Waals surface area contributed by atoms with E-state index in [1.165, 1.54) is 56.6 Å². The third-order valence-corrected chi connectivity index (χ3v) is 5.75. The number of ether oxygens (including phenoxy) is 4. The van der Waals surface area contributed by atoms with E-state index in [2.05, 4.69) is 14.7 Å². The molecule has 0 bridgehead atoms. The first-order chi connectivity index (χ1) is 15.3. The number of hydrogen-bond donors (Lipinski definition) is 1. The molecule has 0 amide bonds. The van der Waals surface area contributed by atoms with Crippen LogP contribution in [0.5, 0.6) is 5.88 Å². The first kappa shape index (κ1) is 23.0. The van der Waals surface area contributed by atoms with Crippen LogP contribution in [0.1, 0.15) is 0 Å². The number of nitrogens with one attached hydrogen (secondary N) is 1. The summed E-state index contributed by atoms with van der Waals surface area (Å²) in [6, 6.07) is 6.91. The van der Waals surface area contributed by atoms with Gasteiger partial charge in [-0.2, -0.15) is 0 Å². The highest BCUT2D eigenvalue weighted by molar-refractivity contribution is 7.92. The number of carbonyl (C=O) groups is 2. The normalized spacial score (nSPS) is 14.0. The molecular weight excluding hydrogens is 444 g/mol. The second kappa shape index (κ2) is 9.62. The van der Waals surface area contributed by atoms with Gasteiger partial charge in [0.1, 0.15) is 24.6 Å². The lowest BCUT2D eigenvalue weighted by Crippen LogP contribution is -2.38. The summed E-state index contributed by atoms with van der Waals surface area (Å²) in [5, 5.41) is 0. The smallest absolute Gasteiger partial charge is 0.355 e. The van der Waals surface area contributed by atoms with Gasteiger partial charge < -0.3 is 23.8 Å². The van der Waals surface area contributed by atoms with Gasteiger partial charge >= 0.3 is 11.9 Å². The summed E-state index contributed by atoms with van der Waals surface area (Å²) >= 11 is 0. The van der Waals surface area contributed by atoms with Crippen LogP contribution in [0.15, 0.2) is 52.8 Å². The number of methoxy groups -OCH3 is 3. The average molecular weight is 464 g/mol. The van der Waals surface area contributed by atoms with E-state index in [1.54, 1.807) is 0 Å². The highest BCUT2D eigenvalue weighted by atomic mass is 32.2. The number of benzene rings is 1. The molecule has 13 heteroatoms. The van der Waals surface area contributed by atoms with Crippen molar-refractivity contribution in [2.45, 2.75) is 4.90 Å². The molecule has 1 aliphatic heterocycles. The molecule has 170 valence electrons. The molecule has 32 heavy (non-hydrogen) atoms. The Morgan fingerprint density at radius 1 is 1.06 bits per heavy atom. The van der Waals surface area contributed by atoms with Crippen LogP contribution >= 0.6 is 0 Å². The zero-order chi connectivity index (χ0) is 23.3. The van der Waals surface area contributed by atoms with E-state index >= 15 is 0 Å². The Kier molecular flexibility index (Phi) is 6.90. The molecule has 1 N–H and O–H groups in total. The van der Waals surface area contributed by atoms with E-state index in [0.29, 0.717) is 5.69 Å². The van der Waals surface area contributed by atoms with Crippen molar-refractivity contribution in [1.29, 1.82) is 0 Å². The van der Waals surface area contributed by atoms with E-state index in [0.717, 1.165) is 6.33 Å². The molecule has 2 aromatic rings. The van der Waals surface area contributed by atoms with Gasteiger partial charge in [0.05, 0.1) is 38.4 Å². The lowest BCUT2D eigenvalue weighted by atomic mass is 10.1. The van der Waals surface area contributed by atoms with Crippen molar-refractivity contribution in [2.24, 2.45) is 0 Å². The summed E-state index contributed by atoms with van der Waals surface area (Å²) in [5.74, 6) is -1.27. The van der Waals surface area contributed by atoms with Gasteiger partial charge in [0.15, 0.2) is 0 Å². The van der Waals surface area contributed by atoms with Crippen LogP contribution in [-0.4, -0.2) is 65.0 Å².